The van der Waals surface area contributed by atoms with Gasteiger partial charge < -0.3 is 34.9 Å². The van der Waals surface area contributed by atoms with Gasteiger partial charge >= 0.3 is 6.09 Å². The molecule has 2 aliphatic heterocycles. The molecule has 1 aromatic carbocycles. The van der Waals surface area contributed by atoms with Crippen LogP contribution in [0, 0.1) is 0 Å². The molecule has 0 spiro atoms. The van der Waals surface area contributed by atoms with E-state index in [0.717, 1.165) is 5.56 Å². The van der Waals surface area contributed by atoms with Gasteiger partial charge in [-0.25, -0.2) is 19.7 Å². The number of rotatable bonds is 8. The third-order valence-electron chi connectivity index (χ3n) is 7.24. The molecule has 2 aliphatic rings. The van der Waals surface area contributed by atoms with Gasteiger partial charge in [-0.1, -0.05) is 45.0 Å². The topological polar surface area (TPSA) is 139 Å². The molecule has 216 valence electrons. The van der Waals surface area contributed by atoms with Gasteiger partial charge in [0.1, 0.15) is 36.8 Å². The van der Waals surface area contributed by atoms with E-state index in [-0.39, 0.29) is 30.3 Å². The van der Waals surface area contributed by atoms with Crippen molar-refractivity contribution in [1.29, 1.82) is 0 Å². The molecule has 3 aromatic rings. The van der Waals surface area contributed by atoms with Crippen LogP contribution in [0.1, 0.15) is 52.0 Å². The molecule has 2 fully saturated rings. The Bertz CT molecular complexity index is 1340. The molecule has 1 amide bonds. The van der Waals surface area contributed by atoms with E-state index in [2.05, 4.69) is 53.2 Å². The second kappa shape index (κ2) is 10.9. The van der Waals surface area contributed by atoms with Crippen molar-refractivity contribution in [2.24, 2.45) is 0 Å². The molecule has 0 saturated carbocycles. The van der Waals surface area contributed by atoms with E-state index in [1.54, 1.807) is 6.33 Å². The summed E-state index contributed by atoms with van der Waals surface area (Å²) >= 11 is 0. The zero-order chi connectivity index (χ0) is 28.7. The Balaban J connectivity index is 1.13. The molecule has 1 unspecified atom stereocenters. The Morgan fingerprint density at radius 3 is 2.60 bits per heavy atom. The van der Waals surface area contributed by atoms with E-state index in [0.29, 0.717) is 36.6 Å². The first-order chi connectivity index (χ1) is 18.9. The molecular formula is C28H39N7O5. The highest BCUT2D eigenvalue weighted by Crippen LogP contribution is 2.44. The van der Waals surface area contributed by atoms with E-state index >= 15 is 0 Å². The van der Waals surface area contributed by atoms with Gasteiger partial charge in [-0.2, -0.15) is 0 Å². The van der Waals surface area contributed by atoms with Crippen LogP contribution in [0.15, 0.2) is 36.9 Å². The summed E-state index contributed by atoms with van der Waals surface area (Å²) in [5, 5.41) is 2.81. The predicted molar refractivity (Wildman–Crippen MR) is 148 cm³/mol. The highest BCUT2D eigenvalue weighted by atomic mass is 16.8. The fraction of sp³-hybridized carbons (Fsp3) is 0.571. The molecule has 4 heterocycles. The Morgan fingerprint density at radius 1 is 1.15 bits per heavy atom. The minimum atomic E-state index is -0.757. The zero-order valence-corrected chi connectivity index (χ0v) is 24.0. The molecule has 40 heavy (non-hydrogen) atoms. The maximum atomic E-state index is 12.3. The first-order valence-corrected chi connectivity index (χ1v) is 13.5. The molecule has 5 rings (SSSR count). The highest BCUT2D eigenvalue weighted by molar-refractivity contribution is 5.81. The van der Waals surface area contributed by atoms with Crippen LogP contribution in [0.4, 0.5) is 10.6 Å². The number of nitrogen functional groups attached to an aromatic ring is 1. The maximum absolute atomic E-state index is 12.3. The Morgan fingerprint density at radius 2 is 1.88 bits per heavy atom. The van der Waals surface area contributed by atoms with Crippen LogP contribution in [0.2, 0.25) is 0 Å². The van der Waals surface area contributed by atoms with Gasteiger partial charge in [0.05, 0.1) is 6.33 Å². The quantitative estimate of drug-likeness (QED) is 0.428. The molecule has 0 aliphatic carbocycles. The largest absolute Gasteiger partial charge is 0.448 e. The number of carbonyl (C=O) groups is 1. The molecular weight excluding hydrogens is 514 g/mol. The summed E-state index contributed by atoms with van der Waals surface area (Å²) in [7, 11) is 1.95. The fourth-order valence-corrected chi connectivity index (χ4v) is 5.13. The number of nitrogens with zero attached hydrogens (tertiary/aromatic N) is 5. The molecule has 0 radical (unpaired) electrons. The smallest absolute Gasteiger partial charge is 0.407 e. The molecule has 12 nitrogen and oxygen atoms in total. The Labute approximate surface area is 234 Å². The number of nitrogens with two attached hydrogens (primary N) is 1. The van der Waals surface area contributed by atoms with Crippen molar-refractivity contribution in [1.82, 2.24) is 29.7 Å². The van der Waals surface area contributed by atoms with Crippen LogP contribution in [0.5, 0.6) is 0 Å². The Hall–Kier alpha value is -3.32. The average Bonchev–Trinajstić information content (AvgIpc) is 3.54. The average molecular weight is 554 g/mol. The summed E-state index contributed by atoms with van der Waals surface area (Å²) in [4.78, 5) is 27.0. The number of hydrogen-bond acceptors (Lipinski definition) is 10. The number of ether oxygens (including phenoxy) is 4. The van der Waals surface area contributed by atoms with Gasteiger partial charge in [-0.05, 0) is 37.4 Å². The van der Waals surface area contributed by atoms with Crippen molar-refractivity contribution >= 4 is 23.1 Å². The summed E-state index contributed by atoms with van der Waals surface area (Å²) < 4.78 is 26.1. The number of likely N-dealkylation sites (N-methyl/N-ethyl adjacent to an activating group) is 1. The number of amides is 1. The van der Waals surface area contributed by atoms with E-state index < -0.39 is 18.1 Å². The van der Waals surface area contributed by atoms with Crippen molar-refractivity contribution in [3.8, 4) is 0 Å². The molecule has 2 aromatic heterocycles. The number of fused-ring (bicyclic) bond motifs is 2. The lowest BCUT2D eigenvalue weighted by molar-refractivity contribution is -0.197. The van der Waals surface area contributed by atoms with Gasteiger partial charge in [0.15, 0.2) is 23.5 Å². The minimum Gasteiger partial charge on any atom is -0.448 e. The van der Waals surface area contributed by atoms with E-state index in [4.69, 9.17) is 24.7 Å². The fourth-order valence-electron chi connectivity index (χ4n) is 5.13. The van der Waals surface area contributed by atoms with Crippen LogP contribution in [-0.4, -0.2) is 81.4 Å². The van der Waals surface area contributed by atoms with Crippen molar-refractivity contribution in [2.75, 3.05) is 32.5 Å². The van der Waals surface area contributed by atoms with Crippen LogP contribution < -0.4 is 11.1 Å². The number of hydrogen-bond donors (Lipinski definition) is 2. The van der Waals surface area contributed by atoms with Crippen molar-refractivity contribution < 1.29 is 23.7 Å². The highest BCUT2D eigenvalue weighted by Gasteiger charge is 2.56. The van der Waals surface area contributed by atoms with Crippen LogP contribution >= 0.6 is 0 Å². The standard InChI is InChI=1S/C28H39N7O5/c1-27(2,3)18-9-7-17(8-10-18)13-30-26(36)37-12-11-34(6)14-19-21-22(40-28(4,5)39-21)25(38-19)35-16-33-20-23(29)31-15-32-24(20)35/h7-10,15-16,19,21-22,25H,11-14H2,1-6H3,(H,30,36)(H2,29,31,32)/t19-,21-,22-,25?/m1/s1. The second-order valence-corrected chi connectivity index (χ2v) is 11.9. The first-order valence-electron chi connectivity index (χ1n) is 13.5. The number of imidazole rings is 1. The minimum absolute atomic E-state index is 0.0900. The number of benzene rings is 1. The summed E-state index contributed by atoms with van der Waals surface area (Å²) in [6, 6.07) is 8.25. The van der Waals surface area contributed by atoms with Crippen molar-refractivity contribution in [2.45, 2.75) is 76.9 Å². The van der Waals surface area contributed by atoms with Gasteiger partial charge in [0.25, 0.3) is 0 Å². The molecule has 0 bridgehead atoms. The van der Waals surface area contributed by atoms with Gasteiger partial charge in [0.2, 0.25) is 0 Å². The number of carbonyl (C=O) groups excluding carboxylic acids is 1. The lowest BCUT2D eigenvalue weighted by Crippen LogP contribution is -2.40. The maximum Gasteiger partial charge on any atom is 0.407 e. The summed E-state index contributed by atoms with van der Waals surface area (Å²) in [6.07, 6.45) is 1.15. The molecule has 2 saturated heterocycles. The van der Waals surface area contributed by atoms with E-state index in [1.165, 1.54) is 11.9 Å². The van der Waals surface area contributed by atoms with E-state index in [9.17, 15) is 4.79 Å². The number of alkyl carbamates (subject to hydrolysis) is 1. The Kier molecular flexibility index (Phi) is 7.71. The normalized spacial score (nSPS) is 24.0. The van der Waals surface area contributed by atoms with Gasteiger partial charge in [0, 0.05) is 19.6 Å². The summed E-state index contributed by atoms with van der Waals surface area (Å²) in [5.41, 5.74) is 9.42. The first kappa shape index (κ1) is 28.2. The van der Waals surface area contributed by atoms with Gasteiger partial charge in [-0.15, -0.1) is 0 Å². The second-order valence-electron chi connectivity index (χ2n) is 11.9. The monoisotopic (exact) mass is 553 g/mol. The summed E-state index contributed by atoms with van der Waals surface area (Å²) in [5.74, 6) is -0.451. The van der Waals surface area contributed by atoms with Crippen molar-refractivity contribution in [3.63, 3.8) is 0 Å². The van der Waals surface area contributed by atoms with Crippen LogP contribution in [0.25, 0.3) is 11.2 Å². The number of aromatic nitrogens is 4. The molecule has 3 N–H and O–H groups in total. The van der Waals surface area contributed by atoms with Crippen LogP contribution in [0.3, 0.4) is 0 Å². The van der Waals surface area contributed by atoms with E-state index in [1.807, 2.05) is 42.5 Å². The number of nitrogens with one attached hydrogen (secondary N) is 1. The lowest BCUT2D eigenvalue weighted by Gasteiger charge is -2.27. The molecule has 4 atom stereocenters. The van der Waals surface area contributed by atoms with Crippen LogP contribution in [-0.2, 0) is 30.9 Å². The third-order valence-corrected chi connectivity index (χ3v) is 7.24. The zero-order valence-electron chi connectivity index (χ0n) is 24.0. The third kappa shape index (κ3) is 6.04. The molecule has 12 heteroatoms. The van der Waals surface area contributed by atoms with Gasteiger partial charge in [-0.3, -0.25) is 4.57 Å². The summed E-state index contributed by atoms with van der Waals surface area (Å²) in [6.45, 7) is 12.0. The van der Waals surface area contributed by atoms with Crippen molar-refractivity contribution in [3.05, 3.63) is 48.0 Å². The SMILES string of the molecule is CN(CCOC(=O)NCc1ccc(C(C)(C)C)cc1)C[C@H]1OC(n2cnc3c(N)ncnc32)[C@@H]2OC(C)(C)O[C@H]12. The number of anilines is 1. The lowest BCUT2D eigenvalue weighted by atomic mass is 9.87. The predicted octanol–water partition coefficient (Wildman–Crippen LogP) is 2.98.